The Bertz CT molecular complexity index is 697. The third kappa shape index (κ3) is 4.93. The van der Waals surface area contributed by atoms with Gasteiger partial charge in [0, 0.05) is 30.1 Å². The van der Waals surface area contributed by atoms with E-state index in [2.05, 4.69) is 4.98 Å². The second-order valence-electron chi connectivity index (χ2n) is 5.82. The van der Waals surface area contributed by atoms with Gasteiger partial charge in [0.25, 0.3) is 5.91 Å². The van der Waals surface area contributed by atoms with E-state index in [0.717, 1.165) is 43.3 Å². The van der Waals surface area contributed by atoms with E-state index in [4.69, 9.17) is 21.1 Å². The maximum Gasteiger partial charge on any atom is 0.273 e. The van der Waals surface area contributed by atoms with E-state index in [9.17, 15) is 4.79 Å². The van der Waals surface area contributed by atoms with Gasteiger partial charge in [-0.05, 0) is 44.0 Å². The normalized spacial score (nSPS) is 15.4. The number of thiazole rings is 1. The fraction of sp³-hybridized carbons (Fsp3) is 0.444. The fourth-order valence-corrected chi connectivity index (χ4v) is 3.58. The summed E-state index contributed by atoms with van der Waals surface area (Å²) < 4.78 is 11.3. The molecule has 0 N–H and O–H groups in total. The lowest BCUT2D eigenvalue weighted by molar-refractivity contribution is 0.0144. The van der Waals surface area contributed by atoms with Crippen LogP contribution in [-0.4, -0.2) is 41.6 Å². The minimum atomic E-state index is -0.0102. The van der Waals surface area contributed by atoms with Gasteiger partial charge in [0.1, 0.15) is 23.1 Å². The van der Waals surface area contributed by atoms with Crippen LogP contribution in [0.5, 0.6) is 5.75 Å². The molecule has 5 nitrogen and oxygen atoms in total. The summed E-state index contributed by atoms with van der Waals surface area (Å²) in [5, 5.41) is 3.25. The maximum absolute atomic E-state index is 12.6. The maximum atomic E-state index is 12.6. The van der Waals surface area contributed by atoms with Crippen molar-refractivity contribution in [3.8, 4) is 5.75 Å². The highest BCUT2D eigenvalue weighted by Crippen LogP contribution is 2.20. The van der Waals surface area contributed by atoms with Crippen molar-refractivity contribution >= 4 is 28.8 Å². The van der Waals surface area contributed by atoms with E-state index < -0.39 is 0 Å². The Morgan fingerprint density at radius 1 is 1.32 bits per heavy atom. The predicted octanol–water partition coefficient (Wildman–Crippen LogP) is 4.02. The van der Waals surface area contributed by atoms with Gasteiger partial charge in [-0.2, -0.15) is 0 Å². The third-order valence-electron chi connectivity index (χ3n) is 4.08. The van der Waals surface area contributed by atoms with Gasteiger partial charge in [0.2, 0.25) is 0 Å². The van der Waals surface area contributed by atoms with Gasteiger partial charge in [-0.15, -0.1) is 11.3 Å². The predicted molar refractivity (Wildman–Crippen MR) is 98.4 cm³/mol. The molecule has 1 aromatic carbocycles. The molecule has 0 atom stereocenters. The summed E-state index contributed by atoms with van der Waals surface area (Å²) in [5.74, 6) is 0.717. The van der Waals surface area contributed by atoms with Crippen LogP contribution in [0.3, 0.4) is 0 Å². The van der Waals surface area contributed by atoms with Crippen molar-refractivity contribution in [2.75, 3.05) is 19.7 Å². The van der Waals surface area contributed by atoms with E-state index in [-0.39, 0.29) is 12.0 Å². The Morgan fingerprint density at radius 2 is 2.04 bits per heavy atom. The smallest absolute Gasteiger partial charge is 0.273 e. The van der Waals surface area contributed by atoms with E-state index in [0.29, 0.717) is 17.3 Å². The first-order valence-corrected chi connectivity index (χ1v) is 9.65. The number of halogens is 1. The summed E-state index contributed by atoms with van der Waals surface area (Å²) in [5.41, 5.74) is 0.495. The molecule has 25 heavy (non-hydrogen) atoms. The number of rotatable bonds is 6. The SMILES string of the molecule is CCOC1CCN(C(=O)c2csc(COc3ccc(Cl)cc3)n2)CC1. The first-order chi connectivity index (χ1) is 12.2. The molecule has 0 aliphatic carbocycles. The van der Waals surface area contributed by atoms with Gasteiger partial charge in [0.15, 0.2) is 0 Å². The summed E-state index contributed by atoms with van der Waals surface area (Å²) in [6, 6.07) is 7.17. The molecule has 1 aliphatic heterocycles. The molecular weight excluding hydrogens is 360 g/mol. The summed E-state index contributed by atoms with van der Waals surface area (Å²) in [7, 11) is 0. The Kier molecular flexibility index (Phi) is 6.29. The third-order valence-corrected chi connectivity index (χ3v) is 5.15. The van der Waals surface area contributed by atoms with E-state index in [1.54, 1.807) is 17.5 Å². The van der Waals surface area contributed by atoms with Crippen LogP contribution >= 0.6 is 22.9 Å². The topological polar surface area (TPSA) is 51.7 Å². The highest BCUT2D eigenvalue weighted by molar-refractivity contribution is 7.09. The van der Waals surface area contributed by atoms with Crippen molar-refractivity contribution in [2.45, 2.75) is 32.5 Å². The number of piperidine rings is 1. The summed E-state index contributed by atoms with van der Waals surface area (Å²) in [6.07, 6.45) is 2.04. The molecule has 3 rings (SSSR count). The summed E-state index contributed by atoms with van der Waals surface area (Å²) in [4.78, 5) is 18.8. The van der Waals surface area contributed by atoms with Gasteiger partial charge < -0.3 is 14.4 Å². The molecule has 0 radical (unpaired) electrons. The van der Waals surface area contributed by atoms with Gasteiger partial charge in [-0.25, -0.2) is 4.98 Å². The van der Waals surface area contributed by atoms with Crippen molar-refractivity contribution in [1.29, 1.82) is 0 Å². The number of likely N-dealkylation sites (tertiary alicyclic amines) is 1. The van der Waals surface area contributed by atoms with Crippen LogP contribution in [0.2, 0.25) is 5.02 Å². The highest BCUT2D eigenvalue weighted by atomic mass is 35.5. The van der Waals surface area contributed by atoms with Crippen molar-refractivity contribution in [1.82, 2.24) is 9.88 Å². The average Bonchev–Trinajstić information content (AvgIpc) is 3.11. The standard InChI is InChI=1S/C18H21ClN2O3S/c1-2-23-15-7-9-21(10-8-15)18(22)16-12-25-17(20-16)11-24-14-5-3-13(19)4-6-14/h3-6,12,15H,2,7-11H2,1H3. The average molecular weight is 381 g/mol. The Labute approximate surface area is 156 Å². The molecule has 0 bridgehead atoms. The quantitative estimate of drug-likeness (QED) is 0.759. The van der Waals surface area contributed by atoms with Crippen LogP contribution in [0.15, 0.2) is 29.6 Å². The number of carbonyl (C=O) groups is 1. The molecule has 1 fully saturated rings. The zero-order chi connectivity index (χ0) is 17.6. The monoisotopic (exact) mass is 380 g/mol. The Hall–Kier alpha value is -1.63. The second kappa shape index (κ2) is 8.65. The molecule has 1 amide bonds. The van der Waals surface area contributed by atoms with Crippen molar-refractivity contribution in [2.24, 2.45) is 0 Å². The minimum Gasteiger partial charge on any atom is -0.486 e. The van der Waals surface area contributed by atoms with Crippen molar-refractivity contribution in [3.05, 3.63) is 45.4 Å². The lowest BCUT2D eigenvalue weighted by Gasteiger charge is -2.31. The van der Waals surface area contributed by atoms with Crippen LogP contribution in [0.1, 0.15) is 35.3 Å². The zero-order valence-corrected chi connectivity index (χ0v) is 15.7. The van der Waals surface area contributed by atoms with Crippen molar-refractivity contribution < 1.29 is 14.3 Å². The highest BCUT2D eigenvalue weighted by Gasteiger charge is 2.25. The van der Waals surface area contributed by atoms with Crippen LogP contribution in [0.4, 0.5) is 0 Å². The first kappa shape index (κ1) is 18.2. The molecule has 2 heterocycles. The lowest BCUT2D eigenvalue weighted by atomic mass is 10.1. The summed E-state index contributed by atoms with van der Waals surface area (Å²) in [6.45, 7) is 4.50. The number of hydrogen-bond acceptors (Lipinski definition) is 5. The van der Waals surface area contributed by atoms with Crippen LogP contribution in [0, 0.1) is 0 Å². The van der Waals surface area contributed by atoms with Gasteiger partial charge in [-0.3, -0.25) is 4.79 Å². The van der Waals surface area contributed by atoms with Crippen molar-refractivity contribution in [3.63, 3.8) is 0 Å². The van der Waals surface area contributed by atoms with Gasteiger partial charge in [0.05, 0.1) is 6.10 Å². The molecule has 0 saturated carbocycles. The second-order valence-corrected chi connectivity index (χ2v) is 7.20. The molecule has 0 unspecified atom stereocenters. The van der Waals surface area contributed by atoms with E-state index in [1.165, 1.54) is 11.3 Å². The summed E-state index contributed by atoms with van der Waals surface area (Å²) >= 11 is 7.29. The van der Waals surface area contributed by atoms with Gasteiger partial charge in [-0.1, -0.05) is 11.6 Å². The number of ether oxygens (including phenoxy) is 2. The van der Waals surface area contributed by atoms with Crippen LogP contribution in [0.25, 0.3) is 0 Å². The Balaban J connectivity index is 1.52. The number of hydrogen-bond donors (Lipinski definition) is 0. The number of amides is 1. The first-order valence-electron chi connectivity index (χ1n) is 8.39. The minimum absolute atomic E-state index is 0.0102. The molecule has 134 valence electrons. The molecule has 7 heteroatoms. The molecule has 0 spiro atoms. The lowest BCUT2D eigenvalue weighted by Crippen LogP contribution is -2.41. The molecule has 1 aromatic heterocycles. The number of carbonyl (C=O) groups excluding carboxylic acids is 1. The van der Waals surface area contributed by atoms with Gasteiger partial charge >= 0.3 is 0 Å². The molecule has 1 aliphatic rings. The molecular formula is C18H21ClN2O3S. The molecule has 1 saturated heterocycles. The van der Waals surface area contributed by atoms with Crippen LogP contribution < -0.4 is 4.74 Å². The van der Waals surface area contributed by atoms with E-state index >= 15 is 0 Å². The van der Waals surface area contributed by atoms with Crippen LogP contribution in [-0.2, 0) is 11.3 Å². The number of benzene rings is 1. The molecule has 2 aromatic rings. The van der Waals surface area contributed by atoms with E-state index in [1.807, 2.05) is 24.0 Å². The number of aromatic nitrogens is 1. The largest absolute Gasteiger partial charge is 0.486 e. The zero-order valence-electron chi connectivity index (χ0n) is 14.1. The fourth-order valence-electron chi connectivity index (χ4n) is 2.77. The number of nitrogens with zero attached hydrogens (tertiary/aromatic N) is 2. The Morgan fingerprint density at radius 3 is 2.72 bits per heavy atom.